The lowest BCUT2D eigenvalue weighted by molar-refractivity contribution is 0.642. The summed E-state index contributed by atoms with van der Waals surface area (Å²) in [6, 6.07) is 7.39. The fraction of sp³-hybridized carbons (Fsp3) is 0.0435. The second-order valence-electron chi connectivity index (χ2n) is 7.35. The highest BCUT2D eigenvalue weighted by molar-refractivity contribution is 5.96. The number of aromatic amines is 2. The van der Waals surface area contributed by atoms with E-state index in [1.54, 1.807) is 31.0 Å². The molecule has 6 aromatic heterocycles. The largest absolute Gasteiger partial charge is 0.336 e. The van der Waals surface area contributed by atoms with Crippen LogP contribution in [0, 0.1) is 12.7 Å². The lowest BCUT2D eigenvalue weighted by Crippen LogP contribution is -1.93. The fourth-order valence-electron chi connectivity index (χ4n) is 3.83. The van der Waals surface area contributed by atoms with Crippen LogP contribution in [0.15, 0.2) is 61.4 Å². The SMILES string of the molecule is Cc1ccncc1-c1cnc2[nH]nc(-c3nc4c(-c5ccncc5)nccc4[nH]3)c2c1F. The van der Waals surface area contributed by atoms with Gasteiger partial charge >= 0.3 is 0 Å². The highest BCUT2D eigenvalue weighted by atomic mass is 19.1. The number of H-pyrrole nitrogens is 2. The highest BCUT2D eigenvalue weighted by Crippen LogP contribution is 2.34. The van der Waals surface area contributed by atoms with Gasteiger partial charge in [-0.15, -0.1) is 0 Å². The standard InChI is InChI=1S/C23H15FN8/c1-12-2-6-26-10-14(12)15-11-28-22-17(18(15)24)21(31-32-22)23-29-16-5-9-27-19(20(16)30-23)13-3-7-25-8-4-13/h2-11H,1H3,(H,29,30)(H,28,31,32). The van der Waals surface area contributed by atoms with Crippen LogP contribution in [-0.2, 0) is 0 Å². The molecule has 0 bridgehead atoms. The summed E-state index contributed by atoms with van der Waals surface area (Å²) < 4.78 is 15.7. The van der Waals surface area contributed by atoms with Gasteiger partial charge in [-0.3, -0.25) is 20.1 Å². The third-order valence-electron chi connectivity index (χ3n) is 5.43. The van der Waals surface area contributed by atoms with Crippen LogP contribution in [0.4, 0.5) is 4.39 Å². The second-order valence-corrected chi connectivity index (χ2v) is 7.35. The van der Waals surface area contributed by atoms with Crippen molar-refractivity contribution in [3.63, 3.8) is 0 Å². The zero-order valence-corrected chi connectivity index (χ0v) is 16.8. The summed E-state index contributed by atoms with van der Waals surface area (Å²) >= 11 is 0. The molecule has 0 saturated carbocycles. The predicted molar refractivity (Wildman–Crippen MR) is 118 cm³/mol. The molecular formula is C23H15FN8. The number of halogens is 1. The number of nitrogens with zero attached hydrogens (tertiary/aromatic N) is 6. The Morgan fingerprint density at radius 1 is 0.844 bits per heavy atom. The fourth-order valence-corrected chi connectivity index (χ4v) is 3.83. The van der Waals surface area contributed by atoms with Gasteiger partial charge < -0.3 is 4.98 Å². The number of imidazole rings is 1. The number of aromatic nitrogens is 8. The number of aryl methyl sites for hydroxylation is 1. The van der Waals surface area contributed by atoms with E-state index >= 15 is 4.39 Å². The molecule has 6 heterocycles. The zero-order valence-electron chi connectivity index (χ0n) is 16.8. The van der Waals surface area contributed by atoms with Crippen molar-refractivity contribution in [2.45, 2.75) is 6.92 Å². The van der Waals surface area contributed by atoms with E-state index in [4.69, 9.17) is 4.98 Å². The van der Waals surface area contributed by atoms with E-state index in [-0.39, 0.29) is 5.39 Å². The summed E-state index contributed by atoms with van der Waals surface area (Å²) in [4.78, 5) is 25.0. The normalized spacial score (nSPS) is 11.4. The molecule has 0 radical (unpaired) electrons. The molecule has 0 spiro atoms. The van der Waals surface area contributed by atoms with E-state index in [9.17, 15) is 0 Å². The minimum atomic E-state index is -0.428. The molecule has 0 aliphatic heterocycles. The van der Waals surface area contributed by atoms with E-state index in [2.05, 4.69) is 35.1 Å². The van der Waals surface area contributed by atoms with Crippen LogP contribution in [-0.4, -0.2) is 40.1 Å². The number of fused-ring (bicyclic) bond motifs is 2. The third-order valence-corrected chi connectivity index (χ3v) is 5.43. The molecule has 0 aromatic carbocycles. The topological polar surface area (TPSA) is 109 Å². The summed E-state index contributed by atoms with van der Waals surface area (Å²) in [5, 5.41) is 7.39. The van der Waals surface area contributed by atoms with Gasteiger partial charge in [0.05, 0.1) is 16.6 Å². The molecule has 8 nitrogen and oxygen atoms in total. The maximum Gasteiger partial charge on any atom is 0.159 e. The second kappa shape index (κ2) is 7.02. The molecule has 0 atom stereocenters. The lowest BCUT2D eigenvalue weighted by atomic mass is 10.0. The molecule has 0 unspecified atom stereocenters. The summed E-state index contributed by atoms with van der Waals surface area (Å²) in [5.41, 5.74) is 5.67. The molecular weight excluding hydrogens is 407 g/mol. The average molecular weight is 422 g/mol. The molecule has 32 heavy (non-hydrogen) atoms. The summed E-state index contributed by atoms with van der Waals surface area (Å²) in [6.45, 7) is 1.91. The summed E-state index contributed by atoms with van der Waals surface area (Å²) in [5.74, 6) is -0.00176. The average Bonchev–Trinajstić information content (AvgIpc) is 3.45. The first-order chi connectivity index (χ1) is 15.7. The molecule has 154 valence electrons. The Hall–Kier alpha value is -4.53. The van der Waals surface area contributed by atoms with Gasteiger partial charge in [0.1, 0.15) is 17.0 Å². The van der Waals surface area contributed by atoms with Crippen LogP contribution in [0.3, 0.4) is 0 Å². The van der Waals surface area contributed by atoms with Gasteiger partial charge in [0, 0.05) is 53.9 Å². The van der Waals surface area contributed by atoms with Gasteiger partial charge in [-0.05, 0) is 36.8 Å². The Morgan fingerprint density at radius 2 is 1.69 bits per heavy atom. The zero-order chi connectivity index (χ0) is 21.7. The molecule has 0 saturated heterocycles. The van der Waals surface area contributed by atoms with Crippen molar-refractivity contribution >= 4 is 22.1 Å². The van der Waals surface area contributed by atoms with E-state index in [0.717, 1.165) is 16.6 Å². The minimum absolute atomic E-state index is 0.267. The van der Waals surface area contributed by atoms with E-state index in [1.165, 1.54) is 6.20 Å². The van der Waals surface area contributed by atoms with Gasteiger partial charge in [-0.2, -0.15) is 5.10 Å². The predicted octanol–water partition coefficient (Wildman–Crippen LogP) is 4.47. The Morgan fingerprint density at radius 3 is 2.53 bits per heavy atom. The van der Waals surface area contributed by atoms with E-state index in [1.807, 2.05) is 31.2 Å². The van der Waals surface area contributed by atoms with Crippen molar-refractivity contribution in [3.05, 3.63) is 72.8 Å². The van der Waals surface area contributed by atoms with Crippen molar-refractivity contribution in [2.75, 3.05) is 0 Å². The molecule has 2 N–H and O–H groups in total. The lowest BCUT2D eigenvalue weighted by Gasteiger charge is -2.06. The molecule has 0 aliphatic rings. The third kappa shape index (κ3) is 2.75. The first-order valence-corrected chi connectivity index (χ1v) is 9.90. The number of pyridine rings is 4. The molecule has 0 fully saturated rings. The number of rotatable bonds is 3. The van der Waals surface area contributed by atoms with Crippen LogP contribution in [0.1, 0.15) is 5.56 Å². The molecule has 6 aromatic rings. The monoisotopic (exact) mass is 422 g/mol. The van der Waals surface area contributed by atoms with Crippen molar-refractivity contribution < 1.29 is 4.39 Å². The Bertz CT molecular complexity index is 1600. The maximum atomic E-state index is 15.7. The van der Waals surface area contributed by atoms with Crippen molar-refractivity contribution in [2.24, 2.45) is 0 Å². The Balaban J connectivity index is 1.56. The van der Waals surface area contributed by atoms with Crippen LogP contribution in [0.5, 0.6) is 0 Å². The Kier molecular flexibility index (Phi) is 4.00. The van der Waals surface area contributed by atoms with Crippen molar-refractivity contribution in [1.82, 2.24) is 40.1 Å². The molecule has 0 aliphatic carbocycles. The van der Waals surface area contributed by atoms with Crippen molar-refractivity contribution in [1.29, 1.82) is 0 Å². The van der Waals surface area contributed by atoms with Crippen LogP contribution in [0.2, 0.25) is 0 Å². The Labute approximate surface area is 180 Å². The maximum absolute atomic E-state index is 15.7. The van der Waals surface area contributed by atoms with Gasteiger partial charge in [0.2, 0.25) is 0 Å². The molecule has 9 heteroatoms. The van der Waals surface area contributed by atoms with Gasteiger partial charge in [-0.25, -0.2) is 14.4 Å². The number of hydrogen-bond acceptors (Lipinski definition) is 6. The smallest absolute Gasteiger partial charge is 0.159 e. The van der Waals surface area contributed by atoms with Gasteiger partial charge in [0.15, 0.2) is 11.5 Å². The number of nitrogens with one attached hydrogen (secondary N) is 2. The van der Waals surface area contributed by atoms with Gasteiger partial charge in [0.25, 0.3) is 0 Å². The van der Waals surface area contributed by atoms with Crippen molar-refractivity contribution in [3.8, 4) is 33.9 Å². The first kappa shape index (κ1) is 18.3. The molecule has 0 amide bonds. The van der Waals surface area contributed by atoms with Crippen LogP contribution in [0.25, 0.3) is 56.0 Å². The van der Waals surface area contributed by atoms with E-state index < -0.39 is 5.82 Å². The quantitative estimate of drug-likeness (QED) is 0.436. The summed E-state index contributed by atoms with van der Waals surface area (Å²) in [6.07, 6.45) is 9.91. The van der Waals surface area contributed by atoms with Gasteiger partial charge in [-0.1, -0.05) is 0 Å². The summed E-state index contributed by atoms with van der Waals surface area (Å²) in [7, 11) is 0. The highest BCUT2D eigenvalue weighted by Gasteiger charge is 2.21. The van der Waals surface area contributed by atoms with Crippen LogP contribution >= 0.6 is 0 Å². The minimum Gasteiger partial charge on any atom is -0.336 e. The first-order valence-electron chi connectivity index (χ1n) is 9.90. The number of hydrogen-bond donors (Lipinski definition) is 2. The molecule has 6 rings (SSSR count). The van der Waals surface area contributed by atoms with Crippen LogP contribution < -0.4 is 0 Å². The van der Waals surface area contributed by atoms with E-state index in [0.29, 0.717) is 39.5 Å².